The van der Waals surface area contributed by atoms with Gasteiger partial charge in [-0.25, -0.2) is 21.9 Å². The van der Waals surface area contributed by atoms with Crippen LogP contribution in [0.2, 0.25) is 5.02 Å². The summed E-state index contributed by atoms with van der Waals surface area (Å²) in [5.41, 5.74) is 3.55. The number of fused-ring (bicyclic) bond motifs is 3. The first-order valence-electron chi connectivity index (χ1n) is 17.0. The van der Waals surface area contributed by atoms with E-state index in [-0.39, 0.29) is 36.0 Å². The summed E-state index contributed by atoms with van der Waals surface area (Å²) in [7, 11) is -4.00. The lowest BCUT2D eigenvalue weighted by molar-refractivity contribution is -0.0226. The van der Waals surface area contributed by atoms with Gasteiger partial charge in [0.15, 0.2) is 0 Å². The van der Waals surface area contributed by atoms with Gasteiger partial charge in [0.2, 0.25) is 10.0 Å². The highest BCUT2D eigenvalue weighted by atomic mass is 35.5. The van der Waals surface area contributed by atoms with Crippen molar-refractivity contribution in [2.45, 2.75) is 76.9 Å². The number of amides is 1. The van der Waals surface area contributed by atoms with Gasteiger partial charge in [-0.05, 0) is 122 Å². The molecular weight excluding hydrogens is 670 g/mol. The molecule has 0 unspecified atom stereocenters. The van der Waals surface area contributed by atoms with Crippen molar-refractivity contribution in [2.24, 2.45) is 17.8 Å². The normalized spacial score (nSPS) is 26.5. The Labute approximate surface area is 292 Å². The maximum Gasteiger partial charge on any atom is 0.264 e. The topological polar surface area (TPSA) is 84.9 Å². The third kappa shape index (κ3) is 8.47. The van der Waals surface area contributed by atoms with Crippen molar-refractivity contribution in [1.29, 1.82) is 0 Å². The van der Waals surface area contributed by atoms with Crippen molar-refractivity contribution in [1.82, 2.24) is 4.72 Å². The first-order chi connectivity index (χ1) is 23.5. The van der Waals surface area contributed by atoms with Crippen LogP contribution in [0.1, 0.15) is 73.0 Å². The summed E-state index contributed by atoms with van der Waals surface area (Å²) in [5, 5.41) is -0.174. The summed E-state index contributed by atoms with van der Waals surface area (Å²) in [5.74, 6) is -1.34. The molecule has 2 heterocycles. The fourth-order valence-electron chi connectivity index (χ4n) is 7.03. The van der Waals surface area contributed by atoms with Crippen LogP contribution >= 0.6 is 11.6 Å². The predicted molar refractivity (Wildman–Crippen MR) is 187 cm³/mol. The number of nitrogens with zero attached hydrogens (tertiary/aromatic N) is 1. The highest BCUT2D eigenvalue weighted by Gasteiger charge is 2.38. The molecule has 0 aromatic heterocycles. The van der Waals surface area contributed by atoms with Crippen molar-refractivity contribution in [2.75, 3.05) is 18.0 Å². The zero-order chi connectivity index (χ0) is 34.7. The summed E-state index contributed by atoms with van der Waals surface area (Å²) in [4.78, 5) is 15.7. The number of sulfonamides is 1. The molecule has 0 radical (unpaired) electrons. The number of benzene rings is 3. The van der Waals surface area contributed by atoms with Crippen LogP contribution in [0.25, 0.3) is 0 Å². The van der Waals surface area contributed by atoms with Crippen LogP contribution in [0.15, 0.2) is 66.7 Å². The monoisotopic (exact) mass is 712 g/mol. The number of hydrogen-bond acceptors (Lipinski definition) is 6. The second-order valence-electron chi connectivity index (χ2n) is 13.7. The van der Waals surface area contributed by atoms with Crippen molar-refractivity contribution < 1.29 is 31.5 Å². The number of carbonyl (C=O) groups excluding carboxylic acids is 1. The molecule has 3 aromatic carbocycles. The van der Waals surface area contributed by atoms with Crippen LogP contribution in [-0.4, -0.2) is 38.8 Å². The van der Waals surface area contributed by atoms with Crippen LogP contribution in [-0.2, 0) is 34.4 Å². The highest BCUT2D eigenvalue weighted by Crippen LogP contribution is 2.42. The summed E-state index contributed by atoms with van der Waals surface area (Å²) >= 11 is 6.34. The fraction of sp³-hybridized carbons (Fsp3) is 0.447. The van der Waals surface area contributed by atoms with Crippen LogP contribution in [0.4, 0.5) is 14.5 Å². The molecule has 2 aliphatic heterocycles. The fourth-order valence-corrected chi connectivity index (χ4v) is 8.51. The maximum absolute atomic E-state index is 14.0. The molecule has 3 aliphatic rings. The van der Waals surface area contributed by atoms with E-state index in [1.807, 2.05) is 37.3 Å². The first-order valence-corrected chi connectivity index (χ1v) is 19.0. The molecule has 6 rings (SSSR count). The molecule has 1 aliphatic carbocycles. The minimum atomic E-state index is -4.00. The lowest BCUT2D eigenvalue weighted by Crippen LogP contribution is -2.44. The van der Waals surface area contributed by atoms with Crippen molar-refractivity contribution in [3.8, 4) is 5.75 Å². The molecule has 0 saturated heterocycles. The molecule has 0 spiro atoms. The number of carbonyl (C=O) groups is 1. The zero-order valence-corrected chi connectivity index (χ0v) is 29.4. The van der Waals surface area contributed by atoms with E-state index in [1.54, 1.807) is 25.1 Å². The van der Waals surface area contributed by atoms with Gasteiger partial charge in [-0.15, -0.1) is 0 Å². The lowest BCUT2D eigenvalue weighted by atomic mass is 9.70. The minimum Gasteiger partial charge on any atom is -0.487 e. The molecular formula is C38H43ClF2N2O5S. The van der Waals surface area contributed by atoms with E-state index in [2.05, 4.69) is 9.62 Å². The molecule has 11 heteroatoms. The van der Waals surface area contributed by atoms with Crippen LogP contribution in [0, 0.1) is 29.4 Å². The molecule has 7 nitrogen and oxygen atoms in total. The predicted octanol–water partition coefficient (Wildman–Crippen LogP) is 8.00. The second-order valence-corrected chi connectivity index (χ2v) is 16.1. The number of hydrogen-bond donors (Lipinski definition) is 1. The number of halogens is 3. The van der Waals surface area contributed by atoms with Gasteiger partial charge in [-0.3, -0.25) is 4.79 Å². The molecule has 3 aromatic rings. The molecule has 2 bridgehead atoms. The van der Waals surface area contributed by atoms with Crippen LogP contribution in [0.3, 0.4) is 0 Å². The van der Waals surface area contributed by atoms with Gasteiger partial charge in [0.25, 0.3) is 5.91 Å². The van der Waals surface area contributed by atoms with Gasteiger partial charge in [0.05, 0.1) is 23.6 Å². The van der Waals surface area contributed by atoms with Crippen LogP contribution in [0.5, 0.6) is 5.75 Å². The Kier molecular flexibility index (Phi) is 11.0. The molecule has 262 valence electrons. The molecule has 49 heavy (non-hydrogen) atoms. The van der Waals surface area contributed by atoms with Crippen molar-refractivity contribution >= 4 is 33.2 Å². The Balaban J connectivity index is 1.35. The smallest absolute Gasteiger partial charge is 0.264 e. The van der Waals surface area contributed by atoms with Gasteiger partial charge in [-0.2, -0.15) is 0 Å². The Bertz CT molecular complexity index is 1800. The molecule has 1 amide bonds. The van der Waals surface area contributed by atoms with Gasteiger partial charge in [0.1, 0.15) is 24.0 Å². The van der Waals surface area contributed by atoms with Gasteiger partial charge < -0.3 is 14.4 Å². The summed E-state index contributed by atoms with van der Waals surface area (Å²) in [6.45, 7) is 5.14. The van der Waals surface area contributed by atoms with Gasteiger partial charge in [-0.1, -0.05) is 36.7 Å². The Morgan fingerprint density at radius 3 is 2.55 bits per heavy atom. The number of allylic oxidation sites excluding steroid dienone is 1. The molecule has 1 N–H and O–H groups in total. The maximum atomic E-state index is 14.0. The zero-order valence-electron chi connectivity index (χ0n) is 27.8. The summed E-state index contributed by atoms with van der Waals surface area (Å²) < 4.78 is 69.8. The third-order valence-electron chi connectivity index (χ3n) is 10.3. The van der Waals surface area contributed by atoms with E-state index in [4.69, 9.17) is 21.1 Å². The van der Waals surface area contributed by atoms with E-state index < -0.39 is 32.8 Å². The molecule has 1 fully saturated rings. The number of rotatable bonds is 3. The Morgan fingerprint density at radius 2 is 1.80 bits per heavy atom. The Hall–Kier alpha value is -3.47. The number of ether oxygens (including phenoxy) is 2. The standard InChI is InChI=1S/C38H43ClF2N2O5S/c1-24-6-5-8-36(47-22-26-16-32(40)20-33(41)17-26)34-13-10-29(34)21-43-15-4-3-7-27-18-31(39)12-9-30(27)23-48-37-14-11-28(19-35(37)43)38(44)42-49(45,46)25(24)2/h5,8-9,11-12,14,16-20,24-25,29,34,36H,3-4,6-7,10,13,15,21-23H2,1-2H3,(H,42,44)/b8-5+/t24-,25+,29-,34+,36-/m0/s1. The van der Waals surface area contributed by atoms with Crippen molar-refractivity contribution in [3.63, 3.8) is 0 Å². The lowest BCUT2D eigenvalue weighted by Gasteiger charge is -2.44. The van der Waals surface area contributed by atoms with E-state index in [1.165, 1.54) is 12.1 Å². The number of anilines is 1. The SMILES string of the molecule is C[C@@H]1[C@@H](C)C/C=C/[C@H](OCc2cc(F)cc(F)c2)[C@@H]2CC[C@H]2CN2CCCCc3cc(Cl)ccc3COc3ccc(cc32)C(=O)NS1(=O)=O. The van der Waals surface area contributed by atoms with Crippen molar-refractivity contribution in [3.05, 3.63) is 106 Å². The number of aryl methyl sites for hydroxylation is 1. The number of nitrogens with one attached hydrogen (secondary N) is 1. The average Bonchev–Trinajstić information content (AvgIpc) is 3.07. The van der Waals surface area contributed by atoms with E-state index in [0.29, 0.717) is 42.5 Å². The van der Waals surface area contributed by atoms with Crippen LogP contribution < -0.4 is 14.4 Å². The molecule has 5 atom stereocenters. The summed E-state index contributed by atoms with van der Waals surface area (Å²) in [6.07, 6.45) is 8.51. The second kappa shape index (κ2) is 15.2. The molecule has 1 saturated carbocycles. The van der Waals surface area contributed by atoms with E-state index in [0.717, 1.165) is 55.0 Å². The largest absolute Gasteiger partial charge is 0.487 e. The van der Waals surface area contributed by atoms with E-state index >= 15 is 0 Å². The average molecular weight is 713 g/mol. The first kappa shape index (κ1) is 35.4. The van der Waals surface area contributed by atoms with Gasteiger partial charge >= 0.3 is 0 Å². The third-order valence-corrected chi connectivity index (χ3v) is 12.5. The Morgan fingerprint density at radius 1 is 1.00 bits per heavy atom. The minimum absolute atomic E-state index is 0.0353. The van der Waals surface area contributed by atoms with Gasteiger partial charge in [0, 0.05) is 29.7 Å². The summed E-state index contributed by atoms with van der Waals surface area (Å²) in [6, 6.07) is 14.3. The highest BCUT2D eigenvalue weighted by molar-refractivity contribution is 7.90. The quantitative estimate of drug-likeness (QED) is 0.277. The van der Waals surface area contributed by atoms with E-state index in [9.17, 15) is 22.0 Å².